The van der Waals surface area contributed by atoms with Crippen LogP contribution in [0.3, 0.4) is 0 Å². The van der Waals surface area contributed by atoms with E-state index < -0.39 is 0 Å². The second kappa shape index (κ2) is 10.9. The van der Waals surface area contributed by atoms with Crippen molar-refractivity contribution in [2.75, 3.05) is 19.8 Å². The highest BCUT2D eigenvalue weighted by atomic mass is 32.1. The fourth-order valence-electron chi connectivity index (χ4n) is 3.03. The van der Waals surface area contributed by atoms with Gasteiger partial charge in [-0.05, 0) is 43.7 Å². The lowest BCUT2D eigenvalue weighted by atomic mass is 10.2. The van der Waals surface area contributed by atoms with Crippen LogP contribution in [0.15, 0.2) is 53.5 Å². The third kappa shape index (κ3) is 5.78. The van der Waals surface area contributed by atoms with Crippen LogP contribution in [-0.4, -0.2) is 30.3 Å². The molecule has 0 saturated carbocycles. The third-order valence-corrected chi connectivity index (χ3v) is 5.61. The predicted molar refractivity (Wildman–Crippen MR) is 118 cm³/mol. The van der Waals surface area contributed by atoms with Crippen molar-refractivity contribution in [3.05, 3.63) is 58.9 Å². The molecule has 0 unspecified atom stereocenters. The molecule has 0 radical (unpaired) electrons. The topological polar surface area (TPSA) is 52.8 Å². The van der Waals surface area contributed by atoms with Gasteiger partial charge in [-0.15, -0.1) is 0 Å². The van der Waals surface area contributed by atoms with E-state index in [-0.39, 0.29) is 5.91 Å². The van der Waals surface area contributed by atoms with E-state index in [0.717, 1.165) is 29.5 Å². The monoisotopic (exact) mass is 412 g/mol. The zero-order valence-corrected chi connectivity index (χ0v) is 17.9. The number of ether oxygens (including phenoxy) is 2. The second-order valence-electron chi connectivity index (χ2n) is 6.70. The fourth-order valence-corrected chi connectivity index (χ4v) is 4.09. The summed E-state index contributed by atoms with van der Waals surface area (Å²) in [7, 11) is 0. The zero-order valence-electron chi connectivity index (χ0n) is 17.1. The van der Waals surface area contributed by atoms with Crippen LogP contribution in [-0.2, 0) is 11.3 Å². The maximum absolute atomic E-state index is 12.8. The van der Waals surface area contributed by atoms with Gasteiger partial charge in [-0.1, -0.05) is 49.3 Å². The second-order valence-corrected chi connectivity index (χ2v) is 7.71. The molecule has 0 bridgehead atoms. The average molecular weight is 413 g/mol. The number of hydrogen-bond donors (Lipinski definition) is 0. The first kappa shape index (κ1) is 21.3. The number of thiazole rings is 1. The molecule has 0 aliphatic carbocycles. The molecule has 0 atom stereocenters. The van der Waals surface area contributed by atoms with Gasteiger partial charge < -0.3 is 14.0 Å². The van der Waals surface area contributed by atoms with Crippen molar-refractivity contribution in [2.24, 2.45) is 4.99 Å². The molecular weight excluding hydrogens is 384 g/mol. The van der Waals surface area contributed by atoms with Gasteiger partial charge in [-0.2, -0.15) is 4.99 Å². The van der Waals surface area contributed by atoms with Crippen LogP contribution >= 0.6 is 11.3 Å². The van der Waals surface area contributed by atoms with Crippen molar-refractivity contribution < 1.29 is 14.3 Å². The maximum Gasteiger partial charge on any atom is 0.279 e. The smallest absolute Gasteiger partial charge is 0.279 e. The van der Waals surface area contributed by atoms with Crippen molar-refractivity contribution >= 4 is 27.5 Å². The maximum atomic E-state index is 12.8. The summed E-state index contributed by atoms with van der Waals surface area (Å²) in [6, 6.07) is 15.4. The van der Waals surface area contributed by atoms with E-state index in [1.54, 1.807) is 12.1 Å². The van der Waals surface area contributed by atoms with Crippen LogP contribution in [0.4, 0.5) is 0 Å². The van der Waals surface area contributed by atoms with E-state index in [9.17, 15) is 4.79 Å². The Morgan fingerprint density at radius 1 is 1.07 bits per heavy atom. The Labute approximate surface area is 175 Å². The summed E-state index contributed by atoms with van der Waals surface area (Å²) in [5, 5.41) is 0. The van der Waals surface area contributed by atoms with E-state index in [1.807, 2.05) is 43.3 Å². The van der Waals surface area contributed by atoms with E-state index >= 15 is 0 Å². The molecule has 1 amide bonds. The van der Waals surface area contributed by atoms with Gasteiger partial charge in [0.2, 0.25) is 0 Å². The Bertz CT molecular complexity index is 1010. The van der Waals surface area contributed by atoms with Crippen LogP contribution in [0.5, 0.6) is 5.75 Å². The van der Waals surface area contributed by atoms with Gasteiger partial charge in [-0.3, -0.25) is 4.79 Å². The molecule has 6 heteroatoms. The summed E-state index contributed by atoms with van der Waals surface area (Å²) in [4.78, 5) is 18.0. The summed E-state index contributed by atoms with van der Waals surface area (Å²) in [5.74, 6) is 0.448. The lowest BCUT2D eigenvalue weighted by Crippen LogP contribution is -2.19. The van der Waals surface area contributed by atoms with E-state index in [2.05, 4.69) is 16.5 Å². The van der Waals surface area contributed by atoms with Crippen LogP contribution in [0.1, 0.15) is 43.5 Å². The van der Waals surface area contributed by atoms with Crippen molar-refractivity contribution in [2.45, 2.75) is 39.7 Å². The fraction of sp³-hybridized carbons (Fsp3) is 0.391. The van der Waals surface area contributed by atoms with Crippen molar-refractivity contribution in [3.8, 4) is 5.75 Å². The number of amides is 1. The molecule has 3 rings (SSSR count). The Kier molecular flexibility index (Phi) is 8.02. The molecule has 0 aliphatic heterocycles. The Morgan fingerprint density at radius 2 is 1.93 bits per heavy atom. The first-order valence-corrected chi connectivity index (χ1v) is 11.0. The number of rotatable bonds is 10. The average Bonchev–Trinajstić information content (AvgIpc) is 3.09. The standard InChI is InChI=1S/C23H28N2O3S/c1-3-5-8-15-28-19-11-9-10-18(17-19)22(26)24-23-25(14-16-27-4-2)20-12-6-7-13-21(20)29-23/h6-7,9-13,17H,3-5,8,14-16H2,1-2H3. The Morgan fingerprint density at radius 3 is 2.76 bits per heavy atom. The van der Waals surface area contributed by atoms with Crippen LogP contribution < -0.4 is 9.54 Å². The van der Waals surface area contributed by atoms with Gasteiger partial charge in [0.05, 0.1) is 23.4 Å². The molecule has 0 N–H and O–H groups in total. The molecule has 1 heterocycles. The highest BCUT2D eigenvalue weighted by Gasteiger charge is 2.10. The van der Waals surface area contributed by atoms with Crippen LogP contribution in [0, 0.1) is 0 Å². The normalized spacial score (nSPS) is 11.9. The molecule has 0 aliphatic rings. The van der Waals surface area contributed by atoms with E-state index in [1.165, 1.54) is 11.3 Å². The number of unbranched alkanes of at least 4 members (excludes halogenated alkanes) is 2. The molecule has 3 aromatic rings. The van der Waals surface area contributed by atoms with E-state index in [4.69, 9.17) is 9.47 Å². The lowest BCUT2D eigenvalue weighted by Gasteiger charge is -2.07. The van der Waals surface area contributed by atoms with Gasteiger partial charge in [0, 0.05) is 18.7 Å². The third-order valence-electron chi connectivity index (χ3n) is 4.55. The van der Waals surface area contributed by atoms with Crippen LogP contribution in [0.25, 0.3) is 10.2 Å². The van der Waals surface area contributed by atoms with E-state index in [0.29, 0.717) is 42.5 Å². The summed E-state index contributed by atoms with van der Waals surface area (Å²) in [5.41, 5.74) is 1.60. The van der Waals surface area contributed by atoms with Gasteiger partial charge in [0.15, 0.2) is 4.80 Å². The number of carbonyl (C=O) groups excluding carboxylic acids is 1. The molecule has 0 fully saturated rings. The Balaban J connectivity index is 1.84. The lowest BCUT2D eigenvalue weighted by molar-refractivity contribution is 0.0996. The minimum atomic E-state index is -0.263. The summed E-state index contributed by atoms with van der Waals surface area (Å²) < 4.78 is 14.4. The number of aromatic nitrogens is 1. The molecule has 29 heavy (non-hydrogen) atoms. The summed E-state index contributed by atoms with van der Waals surface area (Å²) >= 11 is 1.52. The van der Waals surface area contributed by atoms with Gasteiger partial charge >= 0.3 is 0 Å². The van der Waals surface area contributed by atoms with Gasteiger partial charge in [0.1, 0.15) is 5.75 Å². The van der Waals surface area contributed by atoms with Crippen molar-refractivity contribution in [3.63, 3.8) is 0 Å². The Hall–Kier alpha value is -2.44. The molecule has 2 aromatic carbocycles. The first-order valence-electron chi connectivity index (χ1n) is 10.2. The number of nitrogens with zero attached hydrogens (tertiary/aromatic N) is 2. The largest absolute Gasteiger partial charge is 0.494 e. The minimum Gasteiger partial charge on any atom is -0.494 e. The summed E-state index contributed by atoms with van der Waals surface area (Å²) in [6.07, 6.45) is 3.31. The number of hydrogen-bond acceptors (Lipinski definition) is 4. The summed E-state index contributed by atoms with van der Waals surface area (Å²) in [6.45, 7) is 6.71. The number of benzene rings is 2. The number of fused-ring (bicyclic) bond motifs is 1. The quantitative estimate of drug-likeness (QED) is 0.438. The zero-order chi connectivity index (χ0) is 20.5. The molecular formula is C23H28N2O3S. The van der Waals surface area contributed by atoms with Gasteiger partial charge in [0.25, 0.3) is 5.91 Å². The van der Waals surface area contributed by atoms with Gasteiger partial charge in [-0.25, -0.2) is 0 Å². The number of carbonyl (C=O) groups is 1. The molecule has 0 spiro atoms. The predicted octanol–water partition coefficient (Wildman–Crippen LogP) is 5.05. The van der Waals surface area contributed by atoms with Crippen LogP contribution in [0.2, 0.25) is 0 Å². The molecule has 0 saturated heterocycles. The molecule has 5 nitrogen and oxygen atoms in total. The molecule has 1 aromatic heterocycles. The molecule has 154 valence electrons. The van der Waals surface area contributed by atoms with Crippen molar-refractivity contribution in [1.29, 1.82) is 0 Å². The SMILES string of the molecule is CCCCCOc1cccc(C(=O)N=c2sc3ccccc3n2CCOCC)c1. The highest BCUT2D eigenvalue weighted by molar-refractivity contribution is 7.16. The van der Waals surface area contributed by atoms with Crippen molar-refractivity contribution in [1.82, 2.24) is 4.57 Å². The minimum absolute atomic E-state index is 0.263. The highest BCUT2D eigenvalue weighted by Crippen LogP contribution is 2.18. The first-order chi connectivity index (χ1) is 14.2. The number of para-hydroxylation sites is 1.